The third-order valence-electron chi connectivity index (χ3n) is 2.45. The molecule has 0 aliphatic heterocycles. The minimum Gasteiger partial charge on any atom is -0.508 e. The number of aromatic carboxylic acids is 1. The maximum atomic E-state index is 11.4. The van der Waals surface area contributed by atoms with E-state index >= 15 is 0 Å². The maximum absolute atomic E-state index is 11.4. The summed E-state index contributed by atoms with van der Waals surface area (Å²) in [4.78, 5) is 28.1. The third-order valence-corrected chi connectivity index (χ3v) is 2.45. The highest BCUT2D eigenvalue weighted by Crippen LogP contribution is 2.13. The van der Waals surface area contributed by atoms with Gasteiger partial charge in [-0.1, -0.05) is 12.1 Å². The standard InChI is InChI=1S/C12H10N2O5/c15-7-3-1-6(2-4-7)5-8-13-9(12(18)19)10(16)11(17)14-8/h1-4,15-16H,5H2,(H,18,19)(H,13,14,17). The number of phenolic OH excluding ortho intramolecular Hbond substituents is 1. The number of H-pyrrole nitrogens is 1. The van der Waals surface area contributed by atoms with Crippen LogP contribution in [0.25, 0.3) is 0 Å². The van der Waals surface area contributed by atoms with Crippen molar-refractivity contribution in [3.63, 3.8) is 0 Å². The first-order valence-corrected chi connectivity index (χ1v) is 5.30. The fraction of sp³-hybridized carbons (Fsp3) is 0.0833. The highest BCUT2D eigenvalue weighted by Gasteiger charge is 2.16. The molecule has 0 aliphatic rings. The molecule has 2 aromatic rings. The van der Waals surface area contributed by atoms with Crippen LogP contribution in [0.4, 0.5) is 0 Å². The van der Waals surface area contributed by atoms with Crippen LogP contribution in [0, 0.1) is 0 Å². The number of hydrogen-bond acceptors (Lipinski definition) is 5. The first-order chi connectivity index (χ1) is 8.97. The largest absolute Gasteiger partial charge is 0.508 e. The van der Waals surface area contributed by atoms with Crippen LogP contribution in [0.1, 0.15) is 21.9 Å². The van der Waals surface area contributed by atoms with Crippen LogP contribution in [0.3, 0.4) is 0 Å². The summed E-state index contributed by atoms with van der Waals surface area (Å²) in [6.07, 6.45) is 0.177. The van der Waals surface area contributed by atoms with Crippen molar-refractivity contribution in [2.75, 3.05) is 0 Å². The Morgan fingerprint density at radius 1 is 1.21 bits per heavy atom. The Morgan fingerprint density at radius 3 is 2.42 bits per heavy atom. The normalized spacial score (nSPS) is 10.3. The molecule has 4 N–H and O–H groups in total. The molecule has 1 heterocycles. The molecule has 0 amide bonds. The third kappa shape index (κ3) is 2.71. The van der Waals surface area contributed by atoms with Gasteiger partial charge in [-0.15, -0.1) is 0 Å². The van der Waals surface area contributed by atoms with Gasteiger partial charge in [0, 0.05) is 6.42 Å². The van der Waals surface area contributed by atoms with E-state index in [9.17, 15) is 14.7 Å². The molecule has 0 spiro atoms. The molecule has 0 aliphatic carbocycles. The number of carboxylic acid groups (broad SMARTS) is 1. The van der Waals surface area contributed by atoms with Crippen molar-refractivity contribution >= 4 is 5.97 Å². The quantitative estimate of drug-likeness (QED) is 0.637. The average Bonchev–Trinajstić information content (AvgIpc) is 2.36. The lowest BCUT2D eigenvalue weighted by molar-refractivity contribution is 0.0686. The second-order valence-corrected chi connectivity index (χ2v) is 3.86. The number of phenols is 1. The van der Waals surface area contributed by atoms with Crippen molar-refractivity contribution < 1.29 is 20.1 Å². The summed E-state index contributed by atoms with van der Waals surface area (Å²) in [5, 5.41) is 27.2. The van der Waals surface area contributed by atoms with Gasteiger partial charge in [0.15, 0.2) is 5.69 Å². The van der Waals surface area contributed by atoms with E-state index in [1.165, 1.54) is 12.1 Å². The molecule has 1 aromatic heterocycles. The van der Waals surface area contributed by atoms with Crippen LogP contribution in [-0.2, 0) is 6.42 Å². The minimum atomic E-state index is -1.48. The predicted molar refractivity (Wildman–Crippen MR) is 64.4 cm³/mol. The Bertz CT molecular complexity index is 676. The molecule has 0 atom stereocenters. The lowest BCUT2D eigenvalue weighted by Gasteiger charge is -2.04. The summed E-state index contributed by atoms with van der Waals surface area (Å²) in [6.45, 7) is 0. The highest BCUT2D eigenvalue weighted by molar-refractivity contribution is 5.88. The van der Waals surface area contributed by atoms with E-state index in [0.717, 1.165) is 5.56 Å². The van der Waals surface area contributed by atoms with E-state index < -0.39 is 23.0 Å². The molecule has 7 nitrogen and oxygen atoms in total. The molecular formula is C12H10N2O5. The van der Waals surface area contributed by atoms with Gasteiger partial charge in [0.1, 0.15) is 11.6 Å². The van der Waals surface area contributed by atoms with Gasteiger partial charge in [-0.25, -0.2) is 9.78 Å². The maximum Gasteiger partial charge on any atom is 0.358 e. The molecule has 98 valence electrons. The predicted octanol–water partition coefficient (Wildman–Crippen LogP) is 0.470. The van der Waals surface area contributed by atoms with Crippen LogP contribution in [0.2, 0.25) is 0 Å². The summed E-state index contributed by atoms with van der Waals surface area (Å²) >= 11 is 0. The summed E-state index contributed by atoms with van der Waals surface area (Å²) in [7, 11) is 0. The zero-order valence-electron chi connectivity index (χ0n) is 9.62. The van der Waals surface area contributed by atoms with Crippen molar-refractivity contribution in [1.82, 2.24) is 9.97 Å². The van der Waals surface area contributed by atoms with E-state index in [-0.39, 0.29) is 18.0 Å². The Balaban J connectivity index is 2.38. The molecule has 0 fully saturated rings. The summed E-state index contributed by atoms with van der Waals surface area (Å²) in [5.41, 5.74) is -0.860. The zero-order valence-corrected chi connectivity index (χ0v) is 9.62. The number of aromatic nitrogens is 2. The van der Waals surface area contributed by atoms with E-state index in [1.54, 1.807) is 12.1 Å². The van der Waals surface area contributed by atoms with E-state index in [4.69, 9.17) is 10.2 Å². The topological polar surface area (TPSA) is 124 Å². The molecule has 0 unspecified atom stereocenters. The van der Waals surface area contributed by atoms with Crippen molar-refractivity contribution in [2.45, 2.75) is 6.42 Å². The monoisotopic (exact) mass is 262 g/mol. The van der Waals surface area contributed by atoms with Gasteiger partial charge in [-0.2, -0.15) is 0 Å². The van der Waals surface area contributed by atoms with Gasteiger partial charge in [0.25, 0.3) is 5.56 Å². The highest BCUT2D eigenvalue weighted by atomic mass is 16.4. The van der Waals surface area contributed by atoms with E-state index in [2.05, 4.69) is 9.97 Å². The molecule has 0 radical (unpaired) electrons. The van der Waals surface area contributed by atoms with Gasteiger partial charge in [-0.05, 0) is 17.7 Å². The second kappa shape index (κ2) is 4.81. The first kappa shape index (κ1) is 12.6. The Labute approximate surface area is 106 Å². The average molecular weight is 262 g/mol. The summed E-state index contributed by atoms with van der Waals surface area (Å²) in [5.74, 6) is -2.18. The van der Waals surface area contributed by atoms with Crippen molar-refractivity contribution in [3.05, 3.63) is 51.7 Å². The number of aromatic hydroxyl groups is 2. The Kier molecular flexibility index (Phi) is 3.19. The Hall–Kier alpha value is -2.83. The summed E-state index contributed by atoms with van der Waals surface area (Å²) in [6, 6.07) is 6.16. The number of hydrogen-bond donors (Lipinski definition) is 4. The number of rotatable bonds is 3. The van der Waals surface area contributed by atoms with Crippen molar-refractivity contribution in [1.29, 1.82) is 0 Å². The van der Waals surface area contributed by atoms with Gasteiger partial charge < -0.3 is 20.3 Å². The van der Waals surface area contributed by atoms with Gasteiger partial charge in [0.05, 0.1) is 0 Å². The molecule has 2 rings (SSSR count). The smallest absolute Gasteiger partial charge is 0.358 e. The molecule has 0 saturated heterocycles. The van der Waals surface area contributed by atoms with Crippen LogP contribution in [0.15, 0.2) is 29.1 Å². The molecule has 0 bridgehead atoms. The number of carboxylic acids is 1. The number of benzene rings is 1. The number of nitrogens with one attached hydrogen (secondary N) is 1. The number of aromatic amines is 1. The molecule has 7 heteroatoms. The number of carbonyl (C=O) groups is 1. The van der Waals surface area contributed by atoms with Crippen molar-refractivity contribution in [2.24, 2.45) is 0 Å². The van der Waals surface area contributed by atoms with E-state index in [0.29, 0.717) is 0 Å². The lowest BCUT2D eigenvalue weighted by atomic mass is 10.1. The van der Waals surface area contributed by atoms with Gasteiger partial charge >= 0.3 is 5.97 Å². The van der Waals surface area contributed by atoms with Crippen LogP contribution in [0.5, 0.6) is 11.5 Å². The van der Waals surface area contributed by atoms with Crippen LogP contribution < -0.4 is 5.56 Å². The minimum absolute atomic E-state index is 0.0992. The van der Waals surface area contributed by atoms with Crippen LogP contribution in [-0.4, -0.2) is 31.3 Å². The Morgan fingerprint density at radius 2 is 1.84 bits per heavy atom. The van der Waals surface area contributed by atoms with Crippen LogP contribution >= 0.6 is 0 Å². The molecule has 19 heavy (non-hydrogen) atoms. The van der Waals surface area contributed by atoms with E-state index in [1.807, 2.05) is 0 Å². The lowest BCUT2D eigenvalue weighted by Crippen LogP contribution is -2.17. The van der Waals surface area contributed by atoms with Crippen molar-refractivity contribution in [3.8, 4) is 11.5 Å². The molecule has 1 aromatic carbocycles. The van der Waals surface area contributed by atoms with Gasteiger partial charge in [-0.3, -0.25) is 4.79 Å². The second-order valence-electron chi connectivity index (χ2n) is 3.86. The number of nitrogens with zero attached hydrogens (tertiary/aromatic N) is 1. The molecule has 0 saturated carbocycles. The fourth-order valence-corrected chi connectivity index (χ4v) is 1.55. The zero-order chi connectivity index (χ0) is 14.0. The first-order valence-electron chi connectivity index (χ1n) is 5.30. The fourth-order valence-electron chi connectivity index (χ4n) is 1.55. The SMILES string of the molecule is O=C(O)c1nc(Cc2ccc(O)cc2)[nH]c(=O)c1O. The summed E-state index contributed by atoms with van der Waals surface area (Å²) < 4.78 is 0. The molecular weight excluding hydrogens is 252 g/mol. The van der Waals surface area contributed by atoms with Gasteiger partial charge in [0.2, 0.25) is 5.75 Å².